The van der Waals surface area contributed by atoms with Crippen LogP contribution in [0.1, 0.15) is 11.3 Å². The summed E-state index contributed by atoms with van der Waals surface area (Å²) in [6.07, 6.45) is 0. The Labute approximate surface area is 165 Å². The summed E-state index contributed by atoms with van der Waals surface area (Å²) in [5.41, 5.74) is 2.10. The number of thiazole rings is 1. The van der Waals surface area contributed by atoms with Crippen LogP contribution in [0.2, 0.25) is 0 Å². The summed E-state index contributed by atoms with van der Waals surface area (Å²) in [7, 11) is -3.62. The molecule has 7 nitrogen and oxygen atoms in total. The van der Waals surface area contributed by atoms with Crippen LogP contribution in [-0.2, 0) is 26.2 Å². The Morgan fingerprint density at radius 1 is 1.11 bits per heavy atom. The summed E-state index contributed by atoms with van der Waals surface area (Å²) in [5, 5.41) is 2.69. The second-order valence-electron chi connectivity index (χ2n) is 5.94. The average Bonchev–Trinajstić information content (AvgIpc) is 3.28. The highest BCUT2D eigenvalue weighted by molar-refractivity contribution is 7.90. The molecule has 0 saturated carbocycles. The van der Waals surface area contributed by atoms with Gasteiger partial charge in [0.1, 0.15) is 24.0 Å². The minimum atomic E-state index is -3.62. The third kappa shape index (κ3) is 3.80. The smallest absolute Gasteiger partial charge is 0.328 e. The molecule has 1 N–H and O–H groups in total. The zero-order chi connectivity index (χ0) is 19.6. The Bertz CT molecular complexity index is 1150. The molecular formula is C19H15N3O4S2. The highest BCUT2D eigenvalue weighted by atomic mass is 32.2. The molecule has 2 heterocycles. The van der Waals surface area contributed by atoms with Gasteiger partial charge in [-0.1, -0.05) is 42.5 Å². The first kappa shape index (κ1) is 18.3. The predicted octanol–water partition coefficient (Wildman–Crippen LogP) is 2.59. The average molecular weight is 413 g/mol. The van der Waals surface area contributed by atoms with Crippen LogP contribution in [0.3, 0.4) is 0 Å². The third-order valence-electron chi connectivity index (χ3n) is 3.98. The number of carbonyl (C=O) groups is 1. The molecular weight excluding hydrogens is 398 g/mol. The van der Waals surface area contributed by atoms with Gasteiger partial charge in [-0.05, 0) is 12.1 Å². The molecule has 28 heavy (non-hydrogen) atoms. The maximum absolute atomic E-state index is 12.0. The maximum Gasteiger partial charge on any atom is 0.328 e. The number of esters is 1. The number of benzene rings is 2. The molecule has 0 atom stereocenters. The number of nitrogens with one attached hydrogen (secondary N) is 1. The first-order valence-electron chi connectivity index (χ1n) is 8.35. The Kier molecular flexibility index (Phi) is 4.93. The second-order valence-corrected chi connectivity index (χ2v) is 8.45. The molecule has 2 aromatic carbocycles. The first-order valence-corrected chi connectivity index (χ1v) is 10.7. The standard InChI is InChI=1S/C19H15N3O4S2/c23-17(10-20-18-15-8-4-5-9-16(15)28(24,25)22-18)26-11-14-12-27-19(21-14)13-6-2-1-3-7-13/h1-9,12H,10-11H2,(H,20,22). The number of ether oxygens (including phenoxy) is 1. The molecule has 0 unspecified atom stereocenters. The number of hydrogen-bond acceptors (Lipinski definition) is 7. The fraction of sp³-hybridized carbons (Fsp3) is 0.105. The van der Waals surface area contributed by atoms with E-state index in [0.29, 0.717) is 11.3 Å². The van der Waals surface area contributed by atoms with Crippen LogP contribution in [0.15, 0.2) is 69.9 Å². The van der Waals surface area contributed by atoms with E-state index in [9.17, 15) is 13.2 Å². The minimum absolute atomic E-state index is 0.0370. The van der Waals surface area contributed by atoms with Crippen LogP contribution >= 0.6 is 11.3 Å². The van der Waals surface area contributed by atoms with E-state index in [0.717, 1.165) is 10.6 Å². The fourth-order valence-electron chi connectivity index (χ4n) is 2.68. The van der Waals surface area contributed by atoms with Crippen LogP contribution in [0, 0.1) is 0 Å². The van der Waals surface area contributed by atoms with Gasteiger partial charge in [0.15, 0.2) is 0 Å². The fourth-order valence-corrected chi connectivity index (χ4v) is 4.74. The van der Waals surface area contributed by atoms with Gasteiger partial charge in [0.05, 0.1) is 10.6 Å². The number of amidine groups is 1. The van der Waals surface area contributed by atoms with Crippen molar-refractivity contribution in [2.24, 2.45) is 4.99 Å². The maximum atomic E-state index is 12.0. The van der Waals surface area contributed by atoms with E-state index >= 15 is 0 Å². The highest BCUT2D eigenvalue weighted by Crippen LogP contribution is 2.24. The minimum Gasteiger partial charge on any atom is -0.458 e. The van der Waals surface area contributed by atoms with E-state index in [2.05, 4.69) is 14.7 Å². The van der Waals surface area contributed by atoms with Crippen LogP contribution in [0.25, 0.3) is 10.6 Å². The first-order chi connectivity index (χ1) is 13.5. The van der Waals surface area contributed by atoms with E-state index in [4.69, 9.17) is 4.74 Å². The molecule has 3 aromatic rings. The van der Waals surface area contributed by atoms with Crippen molar-refractivity contribution in [2.45, 2.75) is 11.5 Å². The molecule has 142 valence electrons. The molecule has 0 radical (unpaired) electrons. The summed E-state index contributed by atoms with van der Waals surface area (Å²) in [4.78, 5) is 20.7. The molecule has 1 aliphatic rings. The molecule has 1 aliphatic heterocycles. The van der Waals surface area contributed by atoms with Crippen molar-refractivity contribution in [3.8, 4) is 10.6 Å². The van der Waals surface area contributed by atoms with Crippen molar-refractivity contribution in [2.75, 3.05) is 6.54 Å². The number of aromatic nitrogens is 1. The zero-order valence-corrected chi connectivity index (χ0v) is 16.2. The molecule has 0 spiro atoms. The van der Waals surface area contributed by atoms with Crippen LogP contribution < -0.4 is 4.72 Å². The Balaban J connectivity index is 1.37. The SMILES string of the molecule is O=C(CN=C1NS(=O)(=O)c2ccccc21)OCc1csc(-c2ccccc2)n1. The van der Waals surface area contributed by atoms with Gasteiger partial charge in [-0.3, -0.25) is 14.5 Å². The van der Waals surface area contributed by atoms with E-state index in [1.54, 1.807) is 18.2 Å². The van der Waals surface area contributed by atoms with Gasteiger partial charge < -0.3 is 4.74 Å². The summed E-state index contributed by atoms with van der Waals surface area (Å²) in [6, 6.07) is 16.2. The van der Waals surface area contributed by atoms with Gasteiger partial charge in [0.25, 0.3) is 10.0 Å². The number of aliphatic imine (C=N–C) groups is 1. The lowest BCUT2D eigenvalue weighted by Crippen LogP contribution is -2.23. The lowest BCUT2D eigenvalue weighted by Gasteiger charge is -2.02. The van der Waals surface area contributed by atoms with Crippen LogP contribution in [0.5, 0.6) is 0 Å². The third-order valence-corrected chi connectivity index (χ3v) is 6.32. The molecule has 0 aliphatic carbocycles. The number of rotatable bonds is 5. The lowest BCUT2D eigenvalue weighted by atomic mass is 10.2. The van der Waals surface area contributed by atoms with Crippen molar-refractivity contribution in [1.29, 1.82) is 0 Å². The predicted molar refractivity (Wildman–Crippen MR) is 106 cm³/mol. The number of fused-ring (bicyclic) bond motifs is 1. The molecule has 0 fully saturated rings. The van der Waals surface area contributed by atoms with E-state index in [-0.39, 0.29) is 23.9 Å². The Hall–Kier alpha value is -3.04. The van der Waals surface area contributed by atoms with Crippen molar-refractivity contribution in [3.63, 3.8) is 0 Å². The Morgan fingerprint density at radius 3 is 2.68 bits per heavy atom. The second kappa shape index (κ2) is 7.53. The number of carbonyl (C=O) groups excluding carboxylic acids is 1. The van der Waals surface area contributed by atoms with Gasteiger partial charge in [-0.25, -0.2) is 13.4 Å². The van der Waals surface area contributed by atoms with Gasteiger partial charge >= 0.3 is 5.97 Å². The van der Waals surface area contributed by atoms with Gasteiger partial charge in [0, 0.05) is 16.5 Å². The van der Waals surface area contributed by atoms with Gasteiger partial charge in [0.2, 0.25) is 0 Å². The van der Waals surface area contributed by atoms with Crippen molar-refractivity contribution < 1.29 is 17.9 Å². The molecule has 0 saturated heterocycles. The molecule has 4 rings (SSSR count). The Morgan fingerprint density at radius 2 is 1.86 bits per heavy atom. The molecule has 9 heteroatoms. The van der Waals surface area contributed by atoms with Crippen molar-refractivity contribution >= 4 is 33.2 Å². The highest BCUT2D eigenvalue weighted by Gasteiger charge is 2.30. The summed E-state index contributed by atoms with van der Waals surface area (Å²) in [5.74, 6) is -0.419. The molecule has 1 aromatic heterocycles. The zero-order valence-electron chi connectivity index (χ0n) is 14.5. The number of hydrogen-bond donors (Lipinski definition) is 1. The van der Waals surface area contributed by atoms with Crippen molar-refractivity contribution in [1.82, 2.24) is 9.71 Å². The van der Waals surface area contributed by atoms with Gasteiger partial charge in [-0.2, -0.15) is 0 Å². The van der Waals surface area contributed by atoms with E-state index in [1.807, 2.05) is 35.7 Å². The van der Waals surface area contributed by atoms with Crippen LogP contribution in [0.4, 0.5) is 0 Å². The monoisotopic (exact) mass is 413 g/mol. The largest absolute Gasteiger partial charge is 0.458 e. The molecule has 0 amide bonds. The van der Waals surface area contributed by atoms with Crippen molar-refractivity contribution in [3.05, 3.63) is 71.2 Å². The molecule has 0 bridgehead atoms. The van der Waals surface area contributed by atoms with E-state index in [1.165, 1.54) is 17.4 Å². The normalized spacial score (nSPS) is 15.8. The summed E-state index contributed by atoms with van der Waals surface area (Å²) in [6.45, 7) is -0.253. The van der Waals surface area contributed by atoms with Gasteiger partial charge in [-0.15, -0.1) is 11.3 Å². The summed E-state index contributed by atoms with van der Waals surface area (Å²) < 4.78 is 31.6. The lowest BCUT2D eigenvalue weighted by molar-refractivity contribution is -0.143. The van der Waals surface area contributed by atoms with Crippen LogP contribution in [-0.4, -0.2) is 31.8 Å². The summed E-state index contributed by atoms with van der Waals surface area (Å²) >= 11 is 1.47. The number of nitrogens with zero attached hydrogens (tertiary/aromatic N) is 2. The topological polar surface area (TPSA) is 97.7 Å². The number of sulfonamides is 1. The van der Waals surface area contributed by atoms with E-state index < -0.39 is 16.0 Å². The quantitative estimate of drug-likeness (QED) is 0.649.